The van der Waals surface area contributed by atoms with Crippen LogP contribution in [0.1, 0.15) is 36.1 Å². The first-order valence-electron chi connectivity index (χ1n) is 7.46. The van der Waals surface area contributed by atoms with Crippen molar-refractivity contribution >= 4 is 33.3 Å². The highest BCUT2D eigenvalue weighted by atomic mass is 32.2. The highest BCUT2D eigenvalue weighted by Crippen LogP contribution is 2.32. The Balaban J connectivity index is 2.73. The fourth-order valence-electron chi connectivity index (χ4n) is 2.97. The zero-order chi connectivity index (χ0) is 17.7. The number of rotatable bonds is 3. The van der Waals surface area contributed by atoms with Gasteiger partial charge in [0.2, 0.25) is 5.91 Å². The number of benzene rings is 1. The molecule has 7 heteroatoms. The van der Waals surface area contributed by atoms with Crippen LogP contribution in [0.5, 0.6) is 0 Å². The Morgan fingerprint density at radius 2 is 1.61 bits per heavy atom. The minimum Gasteiger partial charge on any atom is -0.300 e. The van der Waals surface area contributed by atoms with Gasteiger partial charge in [0.15, 0.2) is 5.11 Å². The first-order valence-corrected chi connectivity index (χ1v) is 9.31. The topological polar surface area (TPSA) is 66.5 Å². The van der Waals surface area contributed by atoms with Gasteiger partial charge in [-0.3, -0.25) is 4.79 Å². The van der Waals surface area contributed by atoms with Crippen LogP contribution in [0, 0.1) is 33.6 Å². The fraction of sp³-hybridized carbons (Fsp3) is 0.500. The molecule has 1 aromatic rings. The molecule has 1 fully saturated rings. The van der Waals surface area contributed by atoms with Crippen molar-refractivity contribution in [2.75, 3.05) is 0 Å². The third-order valence-corrected chi connectivity index (χ3v) is 6.87. The molecule has 0 bridgehead atoms. The number of hydrogen-bond acceptors (Lipinski definition) is 4. The van der Waals surface area contributed by atoms with E-state index in [4.69, 9.17) is 12.2 Å². The first-order chi connectivity index (χ1) is 10.5. The third kappa shape index (κ3) is 2.76. The first kappa shape index (κ1) is 17.9. The molecular weight excluding hydrogens is 332 g/mol. The molecule has 1 aliphatic heterocycles. The number of nitrogens with zero attached hydrogens (tertiary/aromatic N) is 1. The lowest BCUT2D eigenvalue weighted by molar-refractivity contribution is -0.121. The van der Waals surface area contributed by atoms with E-state index in [2.05, 4.69) is 5.32 Å². The quantitative estimate of drug-likeness (QED) is 0.846. The van der Waals surface area contributed by atoms with Crippen molar-refractivity contribution in [2.24, 2.45) is 5.92 Å². The summed E-state index contributed by atoms with van der Waals surface area (Å²) in [6.45, 7) is 10.9. The fourth-order valence-corrected chi connectivity index (χ4v) is 5.67. The molecule has 0 spiro atoms. The molecule has 1 N–H and O–H groups in total. The SMILES string of the molecule is Cc1cc(C)c(C)c(S(=O)(=O)N2C(=S)NC(=O)[C@H]2C(C)C)c1C. The van der Waals surface area contributed by atoms with Crippen LogP contribution in [-0.4, -0.2) is 29.8 Å². The highest BCUT2D eigenvalue weighted by Gasteiger charge is 2.46. The van der Waals surface area contributed by atoms with E-state index in [0.29, 0.717) is 11.1 Å². The third-order valence-electron chi connectivity index (χ3n) is 4.40. The summed E-state index contributed by atoms with van der Waals surface area (Å²) in [6.07, 6.45) is 0. The summed E-state index contributed by atoms with van der Waals surface area (Å²) in [7, 11) is -3.91. The van der Waals surface area contributed by atoms with E-state index in [0.717, 1.165) is 15.4 Å². The second-order valence-electron chi connectivity index (χ2n) is 6.37. The molecule has 0 saturated carbocycles. The van der Waals surface area contributed by atoms with E-state index in [1.54, 1.807) is 13.8 Å². The lowest BCUT2D eigenvalue weighted by Crippen LogP contribution is -2.43. The number of carbonyl (C=O) groups is 1. The second kappa shape index (κ2) is 5.87. The van der Waals surface area contributed by atoms with Crippen LogP contribution < -0.4 is 5.32 Å². The van der Waals surface area contributed by atoms with E-state index in [-0.39, 0.29) is 21.8 Å². The Morgan fingerprint density at radius 3 is 2.04 bits per heavy atom. The van der Waals surface area contributed by atoms with E-state index in [1.807, 2.05) is 33.8 Å². The van der Waals surface area contributed by atoms with Crippen molar-refractivity contribution in [2.45, 2.75) is 52.5 Å². The van der Waals surface area contributed by atoms with Crippen LogP contribution in [0.3, 0.4) is 0 Å². The zero-order valence-corrected chi connectivity index (χ0v) is 15.9. The Hall–Kier alpha value is -1.47. The van der Waals surface area contributed by atoms with Gasteiger partial charge in [-0.1, -0.05) is 19.9 Å². The van der Waals surface area contributed by atoms with Crippen LogP contribution in [0.2, 0.25) is 0 Å². The van der Waals surface area contributed by atoms with Crippen molar-refractivity contribution in [3.63, 3.8) is 0 Å². The summed E-state index contributed by atoms with van der Waals surface area (Å²) in [5, 5.41) is 2.43. The number of thiocarbonyl (C=S) groups is 1. The van der Waals surface area contributed by atoms with Crippen LogP contribution in [-0.2, 0) is 14.8 Å². The number of carbonyl (C=O) groups excluding carboxylic acids is 1. The lowest BCUT2D eigenvalue weighted by atomic mass is 10.0. The molecule has 5 nitrogen and oxygen atoms in total. The molecule has 2 rings (SSSR count). The maximum Gasteiger partial charge on any atom is 0.267 e. The van der Waals surface area contributed by atoms with Crippen molar-refractivity contribution in [1.29, 1.82) is 0 Å². The van der Waals surface area contributed by atoms with Crippen molar-refractivity contribution in [3.05, 3.63) is 28.3 Å². The zero-order valence-electron chi connectivity index (χ0n) is 14.2. The molecule has 1 atom stereocenters. The Bertz CT molecular complexity index is 772. The summed E-state index contributed by atoms with van der Waals surface area (Å²) in [5.74, 6) is -0.551. The molecule has 1 aromatic carbocycles. The summed E-state index contributed by atoms with van der Waals surface area (Å²) < 4.78 is 27.7. The smallest absolute Gasteiger partial charge is 0.267 e. The van der Waals surface area contributed by atoms with Crippen LogP contribution in [0.15, 0.2) is 11.0 Å². The van der Waals surface area contributed by atoms with E-state index in [1.165, 1.54) is 0 Å². The van der Waals surface area contributed by atoms with Crippen LogP contribution in [0.4, 0.5) is 0 Å². The molecule has 1 heterocycles. The summed E-state index contributed by atoms with van der Waals surface area (Å²) in [5.41, 5.74) is 3.19. The number of sulfonamides is 1. The standard InChI is InChI=1S/C16H22N2O3S2/c1-8(2)13-15(19)17-16(22)18(13)23(20,21)14-11(5)9(3)7-10(4)12(14)6/h7-8,13H,1-6H3,(H,17,19,22)/t13-/m1/s1. The number of nitrogens with one attached hydrogen (secondary N) is 1. The minimum absolute atomic E-state index is 0.0494. The van der Waals surface area contributed by atoms with Gasteiger partial charge in [-0.25, -0.2) is 12.7 Å². The average molecular weight is 354 g/mol. The van der Waals surface area contributed by atoms with Gasteiger partial charge >= 0.3 is 0 Å². The normalized spacial score (nSPS) is 18.7. The van der Waals surface area contributed by atoms with Gasteiger partial charge in [0.1, 0.15) is 6.04 Å². The second-order valence-corrected chi connectivity index (χ2v) is 8.51. The molecule has 0 radical (unpaired) electrons. The molecule has 23 heavy (non-hydrogen) atoms. The predicted octanol–water partition coefficient (Wildman–Crippen LogP) is 2.35. The maximum absolute atomic E-state index is 13.3. The van der Waals surface area contributed by atoms with Gasteiger partial charge < -0.3 is 5.32 Å². The highest BCUT2D eigenvalue weighted by molar-refractivity contribution is 7.91. The van der Waals surface area contributed by atoms with Gasteiger partial charge in [-0.05, 0) is 68.1 Å². The molecule has 0 unspecified atom stereocenters. The van der Waals surface area contributed by atoms with Gasteiger partial charge in [-0.2, -0.15) is 0 Å². The van der Waals surface area contributed by atoms with E-state index in [9.17, 15) is 13.2 Å². The van der Waals surface area contributed by atoms with Gasteiger partial charge in [0, 0.05) is 0 Å². The van der Waals surface area contributed by atoms with Crippen molar-refractivity contribution < 1.29 is 13.2 Å². The average Bonchev–Trinajstić information content (AvgIpc) is 2.72. The number of hydrogen-bond donors (Lipinski definition) is 1. The predicted molar refractivity (Wildman–Crippen MR) is 93.8 cm³/mol. The minimum atomic E-state index is -3.91. The Kier molecular flexibility index (Phi) is 4.56. The monoisotopic (exact) mass is 354 g/mol. The number of aryl methyl sites for hydroxylation is 2. The Morgan fingerprint density at radius 1 is 1.13 bits per heavy atom. The van der Waals surface area contributed by atoms with Crippen molar-refractivity contribution in [3.8, 4) is 0 Å². The Labute approximate surface area is 143 Å². The number of amides is 1. The van der Waals surface area contributed by atoms with Crippen LogP contribution >= 0.6 is 12.2 Å². The lowest BCUT2D eigenvalue weighted by Gasteiger charge is -2.27. The molecule has 1 aliphatic rings. The van der Waals surface area contributed by atoms with Gasteiger partial charge in [-0.15, -0.1) is 0 Å². The summed E-state index contributed by atoms with van der Waals surface area (Å²) in [4.78, 5) is 12.4. The summed E-state index contributed by atoms with van der Waals surface area (Å²) in [6, 6.07) is 1.15. The van der Waals surface area contributed by atoms with Crippen LogP contribution in [0.25, 0.3) is 0 Å². The van der Waals surface area contributed by atoms with E-state index < -0.39 is 16.1 Å². The molecule has 1 saturated heterocycles. The summed E-state index contributed by atoms with van der Waals surface area (Å²) >= 11 is 5.13. The van der Waals surface area contributed by atoms with Gasteiger partial charge in [0.25, 0.3) is 10.0 Å². The van der Waals surface area contributed by atoms with E-state index >= 15 is 0 Å². The largest absolute Gasteiger partial charge is 0.300 e. The van der Waals surface area contributed by atoms with Crippen molar-refractivity contribution in [1.82, 2.24) is 9.62 Å². The maximum atomic E-state index is 13.3. The van der Waals surface area contributed by atoms with Gasteiger partial charge in [0.05, 0.1) is 4.90 Å². The molecule has 1 amide bonds. The molecule has 126 valence electrons. The molecular formula is C16H22N2O3S2. The molecule has 0 aromatic heterocycles. The molecule has 0 aliphatic carbocycles.